The summed E-state index contributed by atoms with van der Waals surface area (Å²) in [6, 6.07) is 6.28. The summed E-state index contributed by atoms with van der Waals surface area (Å²) in [5, 5.41) is 1.94. The van der Waals surface area contributed by atoms with Crippen LogP contribution in [0.25, 0.3) is 0 Å². The molecule has 0 fully saturated rings. The van der Waals surface area contributed by atoms with Gasteiger partial charge in [0.2, 0.25) is 0 Å². The second kappa shape index (κ2) is 6.37. The lowest BCUT2D eigenvalue weighted by Crippen LogP contribution is -2.27. The van der Waals surface area contributed by atoms with E-state index in [9.17, 15) is 9.18 Å². The predicted octanol–water partition coefficient (Wildman–Crippen LogP) is 3.93. The van der Waals surface area contributed by atoms with E-state index in [4.69, 9.17) is 4.74 Å². The Morgan fingerprint density at radius 3 is 2.85 bits per heavy atom. The van der Waals surface area contributed by atoms with Gasteiger partial charge in [0.15, 0.2) is 0 Å². The molecule has 0 unspecified atom stereocenters. The zero-order chi connectivity index (χ0) is 14.7. The highest BCUT2D eigenvalue weighted by Crippen LogP contribution is 2.25. The van der Waals surface area contributed by atoms with Gasteiger partial charge in [-0.2, -0.15) is 0 Å². The molecule has 2 aromatic rings. The molecule has 0 saturated carbocycles. The van der Waals surface area contributed by atoms with Crippen LogP contribution in [0.15, 0.2) is 34.1 Å². The van der Waals surface area contributed by atoms with Gasteiger partial charge in [-0.3, -0.25) is 4.79 Å². The summed E-state index contributed by atoms with van der Waals surface area (Å²) >= 11 is 4.90. The van der Waals surface area contributed by atoms with Crippen molar-refractivity contribution in [1.29, 1.82) is 0 Å². The fraction of sp³-hybridized carbons (Fsp3) is 0.214. The van der Waals surface area contributed by atoms with Crippen LogP contribution in [0.1, 0.15) is 15.2 Å². The standard InChI is InChI=1S/C14H13BrFNO2S/c1-17(7-10-6-9(15)8-20-10)14(18)13-11(16)4-3-5-12(13)19-2/h3-6,8H,7H2,1-2H3. The molecule has 0 aliphatic rings. The lowest BCUT2D eigenvalue weighted by Gasteiger charge is -2.18. The average Bonchev–Trinajstić information content (AvgIpc) is 2.82. The Hall–Kier alpha value is -1.40. The van der Waals surface area contributed by atoms with Crippen molar-refractivity contribution in [1.82, 2.24) is 4.90 Å². The molecule has 0 aliphatic carbocycles. The zero-order valence-corrected chi connectivity index (χ0v) is 13.4. The number of carbonyl (C=O) groups is 1. The monoisotopic (exact) mass is 357 g/mol. The van der Waals surface area contributed by atoms with E-state index in [-0.39, 0.29) is 11.3 Å². The Labute approximate surface area is 129 Å². The minimum absolute atomic E-state index is 0.0341. The molecular weight excluding hydrogens is 345 g/mol. The average molecular weight is 358 g/mol. The summed E-state index contributed by atoms with van der Waals surface area (Å²) in [5.74, 6) is -0.729. The van der Waals surface area contributed by atoms with Gasteiger partial charge in [-0.1, -0.05) is 6.07 Å². The summed E-state index contributed by atoms with van der Waals surface area (Å²) in [6.07, 6.45) is 0. The van der Waals surface area contributed by atoms with Gasteiger partial charge < -0.3 is 9.64 Å². The molecule has 1 aromatic carbocycles. The molecule has 0 aliphatic heterocycles. The molecule has 0 bridgehead atoms. The maximum Gasteiger partial charge on any atom is 0.260 e. The smallest absolute Gasteiger partial charge is 0.260 e. The SMILES string of the molecule is COc1cccc(F)c1C(=O)N(C)Cc1cc(Br)cs1. The third-order valence-corrected chi connectivity index (χ3v) is 4.45. The Kier molecular flexibility index (Phi) is 4.77. The number of halogens is 2. The summed E-state index contributed by atoms with van der Waals surface area (Å²) in [4.78, 5) is 14.8. The fourth-order valence-electron chi connectivity index (χ4n) is 1.82. The Morgan fingerprint density at radius 2 is 2.25 bits per heavy atom. The van der Waals surface area contributed by atoms with E-state index in [2.05, 4.69) is 15.9 Å². The molecule has 3 nitrogen and oxygen atoms in total. The maximum atomic E-state index is 13.9. The fourth-order valence-corrected chi connectivity index (χ4v) is 3.32. The summed E-state index contributed by atoms with van der Waals surface area (Å²) in [6.45, 7) is 0.423. The number of thiophene rings is 1. The van der Waals surface area contributed by atoms with Gasteiger partial charge in [0, 0.05) is 21.8 Å². The number of ether oxygens (including phenoxy) is 1. The van der Waals surface area contributed by atoms with Crippen LogP contribution >= 0.6 is 27.3 Å². The normalized spacial score (nSPS) is 10.4. The second-order valence-electron chi connectivity index (χ2n) is 4.21. The second-order valence-corrected chi connectivity index (χ2v) is 6.12. The molecule has 1 heterocycles. The zero-order valence-electron chi connectivity index (χ0n) is 11.0. The van der Waals surface area contributed by atoms with Crippen LogP contribution in [0.3, 0.4) is 0 Å². The Bertz CT molecular complexity index is 629. The topological polar surface area (TPSA) is 29.5 Å². The molecule has 0 atom stereocenters. The third kappa shape index (κ3) is 3.19. The Morgan fingerprint density at radius 1 is 1.50 bits per heavy atom. The largest absolute Gasteiger partial charge is 0.496 e. The number of carbonyl (C=O) groups excluding carboxylic acids is 1. The molecule has 20 heavy (non-hydrogen) atoms. The molecule has 1 amide bonds. The van der Waals surface area contributed by atoms with Crippen molar-refractivity contribution in [3.05, 3.63) is 50.4 Å². The highest BCUT2D eigenvalue weighted by Gasteiger charge is 2.21. The summed E-state index contributed by atoms with van der Waals surface area (Å²) in [5.41, 5.74) is -0.0341. The lowest BCUT2D eigenvalue weighted by atomic mass is 10.1. The number of methoxy groups -OCH3 is 1. The number of nitrogens with zero attached hydrogens (tertiary/aromatic N) is 1. The Balaban J connectivity index is 2.22. The first-order chi connectivity index (χ1) is 9.52. The van der Waals surface area contributed by atoms with Crippen molar-refractivity contribution in [3.8, 4) is 5.75 Å². The van der Waals surface area contributed by atoms with Crippen molar-refractivity contribution < 1.29 is 13.9 Å². The van der Waals surface area contributed by atoms with Gasteiger partial charge >= 0.3 is 0 Å². The summed E-state index contributed by atoms with van der Waals surface area (Å²) in [7, 11) is 3.06. The first kappa shape index (κ1) is 15.0. The van der Waals surface area contributed by atoms with Gasteiger partial charge in [-0.15, -0.1) is 11.3 Å². The van der Waals surface area contributed by atoms with Gasteiger partial charge in [-0.25, -0.2) is 4.39 Å². The van der Waals surface area contributed by atoms with Gasteiger partial charge in [0.05, 0.1) is 13.7 Å². The quantitative estimate of drug-likeness (QED) is 0.829. The van der Waals surface area contributed by atoms with Crippen LogP contribution < -0.4 is 4.74 Å². The molecule has 0 N–H and O–H groups in total. The highest BCUT2D eigenvalue weighted by molar-refractivity contribution is 9.10. The van der Waals surface area contributed by atoms with E-state index in [1.54, 1.807) is 13.1 Å². The van der Waals surface area contributed by atoms with Crippen LogP contribution in [0.2, 0.25) is 0 Å². The van der Waals surface area contributed by atoms with Crippen molar-refractivity contribution in [3.63, 3.8) is 0 Å². The van der Waals surface area contributed by atoms with Crippen LogP contribution in [-0.4, -0.2) is 25.0 Å². The first-order valence-electron chi connectivity index (χ1n) is 5.83. The minimum atomic E-state index is -0.575. The number of hydrogen-bond donors (Lipinski definition) is 0. The van der Waals surface area contributed by atoms with E-state index >= 15 is 0 Å². The summed E-state index contributed by atoms with van der Waals surface area (Å²) < 4.78 is 19.9. The molecular formula is C14H13BrFNO2S. The number of amides is 1. The van der Waals surface area contributed by atoms with E-state index in [1.807, 2.05) is 11.4 Å². The van der Waals surface area contributed by atoms with Crippen LogP contribution in [0, 0.1) is 5.82 Å². The van der Waals surface area contributed by atoms with Crippen LogP contribution in [0.5, 0.6) is 5.75 Å². The molecule has 0 saturated heterocycles. The third-order valence-electron chi connectivity index (χ3n) is 2.77. The molecule has 6 heteroatoms. The van der Waals surface area contributed by atoms with E-state index in [0.29, 0.717) is 6.54 Å². The van der Waals surface area contributed by atoms with Crippen molar-refractivity contribution >= 4 is 33.2 Å². The molecule has 0 radical (unpaired) electrons. The van der Waals surface area contributed by atoms with Crippen molar-refractivity contribution in [2.75, 3.05) is 14.2 Å². The van der Waals surface area contributed by atoms with Crippen molar-refractivity contribution in [2.45, 2.75) is 6.54 Å². The van der Waals surface area contributed by atoms with Gasteiger partial charge in [0.25, 0.3) is 5.91 Å². The number of rotatable bonds is 4. The highest BCUT2D eigenvalue weighted by atomic mass is 79.9. The first-order valence-corrected chi connectivity index (χ1v) is 7.51. The number of hydrogen-bond acceptors (Lipinski definition) is 3. The van der Waals surface area contributed by atoms with Crippen molar-refractivity contribution in [2.24, 2.45) is 0 Å². The molecule has 106 valence electrons. The van der Waals surface area contributed by atoms with Gasteiger partial charge in [-0.05, 0) is 34.1 Å². The predicted molar refractivity (Wildman–Crippen MR) is 80.8 cm³/mol. The van der Waals surface area contributed by atoms with E-state index < -0.39 is 11.7 Å². The van der Waals surface area contributed by atoms with Gasteiger partial charge in [0.1, 0.15) is 17.1 Å². The molecule has 1 aromatic heterocycles. The minimum Gasteiger partial charge on any atom is -0.496 e. The van der Waals surface area contributed by atoms with Crippen LogP contribution in [0.4, 0.5) is 4.39 Å². The maximum absolute atomic E-state index is 13.9. The van der Waals surface area contributed by atoms with Crippen LogP contribution in [-0.2, 0) is 6.54 Å². The number of benzene rings is 1. The molecule has 2 rings (SSSR count). The van der Waals surface area contributed by atoms with E-state index in [0.717, 1.165) is 9.35 Å². The lowest BCUT2D eigenvalue weighted by molar-refractivity contribution is 0.0778. The van der Waals surface area contributed by atoms with E-state index in [1.165, 1.54) is 35.5 Å². The molecule has 0 spiro atoms.